The number of carboxylic acids is 1. The van der Waals surface area contributed by atoms with E-state index < -0.39 is 54.8 Å². The van der Waals surface area contributed by atoms with Gasteiger partial charge in [0.2, 0.25) is 23.6 Å². The second kappa shape index (κ2) is 13.2. The number of aliphatic carboxylic acids is 1. The molecular formula is C17H26N6O6S. The van der Waals surface area contributed by atoms with Crippen molar-refractivity contribution in [3.63, 3.8) is 0 Å². The molecule has 1 heterocycles. The lowest BCUT2D eigenvalue weighted by Gasteiger charge is -2.17. The number of nitrogens with zero attached hydrogens (tertiary/aromatic N) is 1. The topological polar surface area (TPSA) is 182 Å². The van der Waals surface area contributed by atoms with Gasteiger partial charge >= 0.3 is 5.97 Å². The van der Waals surface area contributed by atoms with Gasteiger partial charge in [0.1, 0.15) is 12.1 Å². The second-order valence-corrected chi connectivity index (χ2v) is 7.25. The fraction of sp³-hybridized carbons (Fsp3) is 0.529. The number of rotatable bonds is 13. The van der Waals surface area contributed by atoms with Gasteiger partial charge in [-0.1, -0.05) is 0 Å². The Balaban J connectivity index is 2.43. The second-order valence-electron chi connectivity index (χ2n) is 6.27. The number of carboxylic acid groups (broad SMARTS) is 1. The van der Waals surface area contributed by atoms with Crippen LogP contribution in [0.1, 0.15) is 19.0 Å². The Labute approximate surface area is 177 Å². The average molecular weight is 442 g/mol. The highest BCUT2D eigenvalue weighted by atomic mass is 32.2. The van der Waals surface area contributed by atoms with E-state index in [1.807, 2.05) is 6.26 Å². The van der Waals surface area contributed by atoms with Crippen molar-refractivity contribution >= 4 is 41.4 Å². The molecule has 6 N–H and O–H groups in total. The number of hydrogen-bond donors (Lipinski definition) is 6. The Morgan fingerprint density at radius 2 is 1.80 bits per heavy atom. The number of aromatic nitrogens is 2. The molecule has 0 unspecified atom stereocenters. The van der Waals surface area contributed by atoms with Crippen molar-refractivity contribution in [1.29, 1.82) is 0 Å². The lowest BCUT2D eigenvalue weighted by molar-refractivity contribution is -0.141. The largest absolute Gasteiger partial charge is 0.480 e. The van der Waals surface area contributed by atoms with Crippen LogP contribution in [0.15, 0.2) is 12.5 Å². The minimum Gasteiger partial charge on any atom is -0.480 e. The molecule has 0 radical (unpaired) electrons. The molecule has 0 saturated carbocycles. The van der Waals surface area contributed by atoms with Gasteiger partial charge in [0.15, 0.2) is 0 Å². The van der Waals surface area contributed by atoms with Crippen LogP contribution in [-0.4, -0.2) is 81.9 Å². The molecule has 0 saturated heterocycles. The highest BCUT2D eigenvalue weighted by Crippen LogP contribution is 2.01. The van der Waals surface area contributed by atoms with Crippen molar-refractivity contribution in [2.24, 2.45) is 0 Å². The molecule has 0 aliphatic rings. The molecule has 1 rings (SSSR count). The van der Waals surface area contributed by atoms with Crippen LogP contribution in [0.4, 0.5) is 0 Å². The zero-order chi connectivity index (χ0) is 22.5. The van der Waals surface area contributed by atoms with E-state index in [0.29, 0.717) is 11.4 Å². The molecule has 0 aromatic carbocycles. The van der Waals surface area contributed by atoms with Crippen molar-refractivity contribution in [1.82, 2.24) is 31.2 Å². The highest BCUT2D eigenvalue weighted by Gasteiger charge is 2.22. The first-order chi connectivity index (χ1) is 14.2. The van der Waals surface area contributed by atoms with E-state index in [0.717, 1.165) is 0 Å². The average Bonchev–Trinajstić information content (AvgIpc) is 3.19. The number of imidazole rings is 1. The van der Waals surface area contributed by atoms with Crippen LogP contribution < -0.4 is 21.3 Å². The lowest BCUT2D eigenvalue weighted by Crippen LogP contribution is -2.50. The summed E-state index contributed by atoms with van der Waals surface area (Å²) in [6.07, 6.45) is 5.18. The van der Waals surface area contributed by atoms with E-state index in [1.165, 1.54) is 31.2 Å². The number of carbonyl (C=O) groups excluding carboxylic acids is 4. The Bertz CT molecular complexity index is 741. The summed E-state index contributed by atoms with van der Waals surface area (Å²) >= 11 is 1.45. The summed E-state index contributed by atoms with van der Waals surface area (Å²) in [4.78, 5) is 65.1. The van der Waals surface area contributed by atoms with Gasteiger partial charge in [0, 0.05) is 25.2 Å². The predicted octanol–water partition coefficient (Wildman–Crippen LogP) is -1.99. The molecule has 2 atom stereocenters. The molecule has 1 aromatic rings. The standard InChI is InChI=1S/C17H26N6O6S/c1-10(24)22-13(5-11-6-18-9-21-11)16(27)20-7-14(25)19-8-15(26)23-12(17(28)29)3-4-30-2/h6,9,12-13H,3-5,7-8H2,1-2H3,(H,18,21)(H,19,25)(H,20,27)(H,22,24)(H,23,26)(H,28,29)/t12-,13-/m0/s1. The lowest BCUT2D eigenvalue weighted by atomic mass is 10.1. The summed E-state index contributed by atoms with van der Waals surface area (Å²) in [5.74, 6) is -2.88. The third-order valence-corrected chi connectivity index (χ3v) is 4.43. The minimum atomic E-state index is -1.16. The molecule has 0 fully saturated rings. The summed E-state index contributed by atoms with van der Waals surface area (Å²) in [5.41, 5.74) is 0.625. The highest BCUT2D eigenvalue weighted by molar-refractivity contribution is 7.98. The predicted molar refractivity (Wildman–Crippen MR) is 108 cm³/mol. The van der Waals surface area contributed by atoms with Gasteiger partial charge < -0.3 is 31.4 Å². The molecule has 0 spiro atoms. The quantitative estimate of drug-likeness (QED) is 0.203. The zero-order valence-electron chi connectivity index (χ0n) is 16.7. The van der Waals surface area contributed by atoms with Crippen LogP contribution in [0.2, 0.25) is 0 Å². The van der Waals surface area contributed by atoms with Gasteiger partial charge in [-0.3, -0.25) is 19.2 Å². The Kier molecular flexibility index (Phi) is 11.0. The molecule has 13 heteroatoms. The molecule has 0 aliphatic heterocycles. The SMILES string of the molecule is CSCC[C@H](NC(=O)CNC(=O)CNC(=O)[C@H](Cc1cnc[nH]1)NC(C)=O)C(=O)O. The normalized spacial score (nSPS) is 12.3. The van der Waals surface area contributed by atoms with Crippen molar-refractivity contribution in [3.05, 3.63) is 18.2 Å². The Morgan fingerprint density at radius 1 is 1.10 bits per heavy atom. The maximum atomic E-state index is 12.3. The third-order valence-electron chi connectivity index (χ3n) is 3.79. The Hall–Kier alpha value is -3.09. The van der Waals surface area contributed by atoms with Crippen LogP contribution in [0, 0.1) is 0 Å². The summed E-state index contributed by atoms with van der Waals surface area (Å²) in [6.45, 7) is 0.420. The maximum absolute atomic E-state index is 12.3. The summed E-state index contributed by atoms with van der Waals surface area (Å²) in [5, 5.41) is 18.6. The van der Waals surface area contributed by atoms with E-state index >= 15 is 0 Å². The van der Waals surface area contributed by atoms with Gasteiger partial charge in [-0.2, -0.15) is 11.8 Å². The first kappa shape index (κ1) is 24.9. The molecular weight excluding hydrogens is 416 g/mol. The maximum Gasteiger partial charge on any atom is 0.326 e. The first-order valence-electron chi connectivity index (χ1n) is 9.02. The van der Waals surface area contributed by atoms with Crippen molar-refractivity contribution < 1.29 is 29.1 Å². The fourth-order valence-electron chi connectivity index (χ4n) is 2.34. The summed E-state index contributed by atoms with van der Waals surface area (Å²) in [7, 11) is 0. The fourth-order valence-corrected chi connectivity index (χ4v) is 2.81. The number of thioether (sulfide) groups is 1. The number of aromatic amines is 1. The van der Waals surface area contributed by atoms with E-state index in [-0.39, 0.29) is 12.8 Å². The van der Waals surface area contributed by atoms with Gasteiger partial charge in [-0.25, -0.2) is 9.78 Å². The molecule has 12 nitrogen and oxygen atoms in total. The number of amides is 4. The van der Waals surface area contributed by atoms with E-state index in [4.69, 9.17) is 5.11 Å². The van der Waals surface area contributed by atoms with Crippen molar-refractivity contribution in [2.45, 2.75) is 31.8 Å². The van der Waals surface area contributed by atoms with Crippen LogP contribution in [-0.2, 0) is 30.4 Å². The minimum absolute atomic E-state index is 0.155. The summed E-state index contributed by atoms with van der Waals surface area (Å²) in [6, 6.07) is -1.95. The van der Waals surface area contributed by atoms with Crippen molar-refractivity contribution in [2.75, 3.05) is 25.1 Å². The van der Waals surface area contributed by atoms with Crippen LogP contribution in [0.3, 0.4) is 0 Å². The van der Waals surface area contributed by atoms with Crippen LogP contribution in [0.5, 0.6) is 0 Å². The number of carbonyl (C=O) groups is 5. The van der Waals surface area contributed by atoms with Crippen LogP contribution >= 0.6 is 11.8 Å². The molecule has 0 bridgehead atoms. The van der Waals surface area contributed by atoms with Gasteiger partial charge in [-0.05, 0) is 18.4 Å². The molecule has 166 valence electrons. The van der Waals surface area contributed by atoms with Gasteiger partial charge in [0.05, 0.1) is 19.4 Å². The number of hydrogen-bond acceptors (Lipinski definition) is 7. The molecule has 0 aliphatic carbocycles. The van der Waals surface area contributed by atoms with E-state index in [9.17, 15) is 24.0 Å². The van der Waals surface area contributed by atoms with Gasteiger partial charge in [-0.15, -0.1) is 0 Å². The molecule has 1 aromatic heterocycles. The van der Waals surface area contributed by atoms with Crippen molar-refractivity contribution in [3.8, 4) is 0 Å². The van der Waals surface area contributed by atoms with Crippen LogP contribution in [0.25, 0.3) is 0 Å². The molecule has 30 heavy (non-hydrogen) atoms. The first-order valence-corrected chi connectivity index (χ1v) is 10.4. The van der Waals surface area contributed by atoms with Gasteiger partial charge in [0.25, 0.3) is 0 Å². The zero-order valence-corrected chi connectivity index (χ0v) is 17.5. The smallest absolute Gasteiger partial charge is 0.326 e. The Morgan fingerprint density at radius 3 is 2.37 bits per heavy atom. The third kappa shape index (κ3) is 9.91. The van der Waals surface area contributed by atoms with E-state index in [1.54, 1.807) is 0 Å². The molecule has 4 amide bonds. The number of nitrogens with one attached hydrogen (secondary N) is 5. The number of H-pyrrole nitrogens is 1. The summed E-state index contributed by atoms with van der Waals surface area (Å²) < 4.78 is 0. The van der Waals surface area contributed by atoms with E-state index in [2.05, 4.69) is 31.2 Å². The monoisotopic (exact) mass is 442 g/mol.